The van der Waals surface area contributed by atoms with Crippen molar-refractivity contribution in [2.75, 3.05) is 26.7 Å². The van der Waals surface area contributed by atoms with E-state index in [0.717, 1.165) is 45.3 Å². The maximum atomic E-state index is 12.2. The third-order valence-electron chi connectivity index (χ3n) is 3.82. The van der Waals surface area contributed by atoms with Crippen LogP contribution in [0.2, 0.25) is 0 Å². The third kappa shape index (κ3) is 4.35. The second kappa shape index (κ2) is 7.29. The molecule has 0 aromatic heterocycles. The number of amides is 1. The Hall–Kier alpha value is -1.35. The Kier molecular flexibility index (Phi) is 5.40. The maximum absolute atomic E-state index is 12.2. The Labute approximate surface area is 116 Å². The molecule has 1 saturated heterocycles. The molecule has 1 heterocycles. The van der Waals surface area contributed by atoms with Crippen molar-refractivity contribution >= 4 is 5.91 Å². The molecule has 1 amide bonds. The van der Waals surface area contributed by atoms with Gasteiger partial charge in [-0.25, -0.2) is 0 Å². The SMILES string of the molecule is CN(CCCc1ccccc1)C(=O)[C@H]1CCCNC1. The molecule has 104 valence electrons. The Morgan fingerprint density at radius 1 is 1.37 bits per heavy atom. The average molecular weight is 260 g/mol. The molecule has 0 unspecified atom stereocenters. The molecule has 1 atom stereocenters. The van der Waals surface area contributed by atoms with E-state index in [-0.39, 0.29) is 5.92 Å². The van der Waals surface area contributed by atoms with Crippen LogP contribution in [-0.4, -0.2) is 37.5 Å². The first-order valence-corrected chi connectivity index (χ1v) is 7.27. The summed E-state index contributed by atoms with van der Waals surface area (Å²) in [6, 6.07) is 10.5. The summed E-state index contributed by atoms with van der Waals surface area (Å²) in [4.78, 5) is 14.1. The van der Waals surface area contributed by atoms with Crippen molar-refractivity contribution in [3.63, 3.8) is 0 Å². The van der Waals surface area contributed by atoms with Gasteiger partial charge < -0.3 is 10.2 Å². The number of carbonyl (C=O) groups excluding carboxylic acids is 1. The molecule has 2 rings (SSSR count). The van der Waals surface area contributed by atoms with Gasteiger partial charge in [-0.1, -0.05) is 30.3 Å². The molecule has 1 aliphatic heterocycles. The number of nitrogens with zero attached hydrogens (tertiary/aromatic N) is 1. The van der Waals surface area contributed by atoms with Crippen LogP contribution in [0.3, 0.4) is 0 Å². The van der Waals surface area contributed by atoms with E-state index in [0.29, 0.717) is 5.91 Å². The second-order valence-electron chi connectivity index (χ2n) is 5.39. The van der Waals surface area contributed by atoms with E-state index in [1.54, 1.807) is 0 Å². The van der Waals surface area contributed by atoms with Crippen molar-refractivity contribution in [3.8, 4) is 0 Å². The lowest BCUT2D eigenvalue weighted by Gasteiger charge is -2.27. The lowest BCUT2D eigenvalue weighted by molar-refractivity contribution is -0.134. The van der Waals surface area contributed by atoms with E-state index in [4.69, 9.17) is 0 Å². The summed E-state index contributed by atoms with van der Waals surface area (Å²) in [5.41, 5.74) is 1.35. The van der Waals surface area contributed by atoms with Crippen molar-refractivity contribution in [1.82, 2.24) is 10.2 Å². The van der Waals surface area contributed by atoms with Crippen LogP contribution in [0.4, 0.5) is 0 Å². The fraction of sp³-hybridized carbons (Fsp3) is 0.562. The quantitative estimate of drug-likeness (QED) is 0.879. The maximum Gasteiger partial charge on any atom is 0.226 e. The van der Waals surface area contributed by atoms with Gasteiger partial charge in [-0.3, -0.25) is 4.79 Å². The van der Waals surface area contributed by atoms with Gasteiger partial charge in [0, 0.05) is 20.1 Å². The summed E-state index contributed by atoms with van der Waals surface area (Å²) in [5, 5.41) is 3.31. The smallest absolute Gasteiger partial charge is 0.226 e. The van der Waals surface area contributed by atoms with Crippen LogP contribution >= 0.6 is 0 Å². The highest BCUT2D eigenvalue weighted by Gasteiger charge is 2.23. The largest absolute Gasteiger partial charge is 0.345 e. The van der Waals surface area contributed by atoms with Crippen LogP contribution in [0.1, 0.15) is 24.8 Å². The van der Waals surface area contributed by atoms with Crippen molar-refractivity contribution in [3.05, 3.63) is 35.9 Å². The van der Waals surface area contributed by atoms with E-state index >= 15 is 0 Å². The Morgan fingerprint density at radius 3 is 2.84 bits per heavy atom. The highest BCUT2D eigenvalue weighted by Crippen LogP contribution is 2.13. The van der Waals surface area contributed by atoms with E-state index in [2.05, 4.69) is 29.6 Å². The van der Waals surface area contributed by atoms with Gasteiger partial charge in [0.05, 0.1) is 5.92 Å². The lowest BCUT2D eigenvalue weighted by Crippen LogP contribution is -2.41. The minimum Gasteiger partial charge on any atom is -0.345 e. The van der Waals surface area contributed by atoms with Gasteiger partial charge in [-0.2, -0.15) is 0 Å². The van der Waals surface area contributed by atoms with E-state index in [1.807, 2.05) is 18.0 Å². The van der Waals surface area contributed by atoms with Crippen LogP contribution in [-0.2, 0) is 11.2 Å². The molecule has 1 aromatic carbocycles. The fourth-order valence-corrected chi connectivity index (χ4v) is 2.65. The summed E-state index contributed by atoms with van der Waals surface area (Å²) in [6.45, 7) is 2.76. The minimum absolute atomic E-state index is 0.190. The van der Waals surface area contributed by atoms with Crippen LogP contribution in [0.15, 0.2) is 30.3 Å². The first kappa shape index (κ1) is 14.1. The fourth-order valence-electron chi connectivity index (χ4n) is 2.65. The molecule has 0 saturated carbocycles. The number of rotatable bonds is 5. The zero-order chi connectivity index (χ0) is 13.5. The summed E-state index contributed by atoms with van der Waals surface area (Å²) in [6.07, 6.45) is 4.23. The van der Waals surface area contributed by atoms with Crippen molar-refractivity contribution in [2.45, 2.75) is 25.7 Å². The number of hydrogen-bond donors (Lipinski definition) is 1. The summed E-state index contributed by atoms with van der Waals surface area (Å²) >= 11 is 0. The Balaban J connectivity index is 1.71. The summed E-state index contributed by atoms with van der Waals surface area (Å²) in [7, 11) is 1.93. The Morgan fingerprint density at radius 2 is 2.16 bits per heavy atom. The van der Waals surface area contributed by atoms with Gasteiger partial charge in [0.25, 0.3) is 0 Å². The summed E-state index contributed by atoms with van der Waals surface area (Å²) < 4.78 is 0. The molecule has 1 aliphatic rings. The topological polar surface area (TPSA) is 32.3 Å². The Bertz CT molecular complexity index is 385. The standard InChI is InChI=1S/C16H24N2O/c1-18(16(19)15-10-5-11-17-13-15)12-6-9-14-7-3-2-4-8-14/h2-4,7-8,15,17H,5-6,9-13H2,1H3/t15-/m0/s1. The minimum atomic E-state index is 0.190. The van der Waals surface area contributed by atoms with Gasteiger partial charge in [-0.05, 0) is 37.8 Å². The number of nitrogens with one attached hydrogen (secondary N) is 1. The van der Waals surface area contributed by atoms with Gasteiger partial charge in [0.2, 0.25) is 5.91 Å². The molecule has 1 N–H and O–H groups in total. The van der Waals surface area contributed by atoms with Crippen molar-refractivity contribution in [1.29, 1.82) is 0 Å². The van der Waals surface area contributed by atoms with E-state index in [9.17, 15) is 4.79 Å². The van der Waals surface area contributed by atoms with Gasteiger partial charge in [-0.15, -0.1) is 0 Å². The molecule has 0 aliphatic carbocycles. The molecule has 1 fully saturated rings. The number of piperidine rings is 1. The number of aryl methyl sites for hydroxylation is 1. The third-order valence-corrected chi connectivity index (χ3v) is 3.82. The number of hydrogen-bond acceptors (Lipinski definition) is 2. The highest BCUT2D eigenvalue weighted by molar-refractivity contribution is 5.78. The molecule has 3 nitrogen and oxygen atoms in total. The highest BCUT2D eigenvalue weighted by atomic mass is 16.2. The molecule has 0 radical (unpaired) electrons. The lowest BCUT2D eigenvalue weighted by atomic mass is 9.98. The summed E-state index contributed by atoms with van der Waals surface area (Å²) in [5.74, 6) is 0.496. The average Bonchev–Trinajstić information content (AvgIpc) is 2.48. The zero-order valence-electron chi connectivity index (χ0n) is 11.8. The van der Waals surface area contributed by atoms with Gasteiger partial charge >= 0.3 is 0 Å². The zero-order valence-corrected chi connectivity index (χ0v) is 11.8. The van der Waals surface area contributed by atoms with Crippen molar-refractivity contribution < 1.29 is 4.79 Å². The molecular weight excluding hydrogens is 236 g/mol. The van der Waals surface area contributed by atoms with Crippen molar-refractivity contribution in [2.24, 2.45) is 5.92 Å². The number of benzene rings is 1. The van der Waals surface area contributed by atoms with Crippen LogP contribution in [0, 0.1) is 5.92 Å². The first-order chi connectivity index (χ1) is 9.27. The van der Waals surface area contributed by atoms with Gasteiger partial charge in [0.15, 0.2) is 0 Å². The molecule has 19 heavy (non-hydrogen) atoms. The normalized spacial score (nSPS) is 19.1. The van der Waals surface area contributed by atoms with Crippen LogP contribution in [0.5, 0.6) is 0 Å². The predicted molar refractivity (Wildman–Crippen MR) is 78.0 cm³/mol. The van der Waals surface area contributed by atoms with E-state index < -0.39 is 0 Å². The van der Waals surface area contributed by atoms with E-state index in [1.165, 1.54) is 5.56 Å². The molecule has 3 heteroatoms. The van der Waals surface area contributed by atoms with Crippen LogP contribution in [0.25, 0.3) is 0 Å². The molecule has 0 bridgehead atoms. The van der Waals surface area contributed by atoms with Crippen LogP contribution < -0.4 is 5.32 Å². The predicted octanol–water partition coefficient (Wildman–Crippen LogP) is 2.08. The molecule has 1 aromatic rings. The monoisotopic (exact) mass is 260 g/mol. The number of carbonyl (C=O) groups is 1. The first-order valence-electron chi connectivity index (χ1n) is 7.27. The molecular formula is C16H24N2O. The van der Waals surface area contributed by atoms with Gasteiger partial charge in [0.1, 0.15) is 0 Å². The molecule has 0 spiro atoms. The second-order valence-corrected chi connectivity index (χ2v) is 5.39.